The molecule has 0 radical (unpaired) electrons. The minimum atomic E-state index is -0.535. The Hall–Kier alpha value is -1.85. The van der Waals surface area contributed by atoms with E-state index in [1.807, 2.05) is 25.7 Å². The number of rotatable bonds is 0. The average Bonchev–Trinajstić information content (AvgIpc) is 2.41. The van der Waals surface area contributed by atoms with Gasteiger partial charge in [0, 0.05) is 18.0 Å². The molecule has 1 fully saturated rings. The van der Waals surface area contributed by atoms with E-state index in [9.17, 15) is 9.59 Å². The van der Waals surface area contributed by atoms with E-state index in [2.05, 4.69) is 16.9 Å². The Morgan fingerprint density at radius 1 is 1.35 bits per heavy atom. The molecule has 3 rings (SSSR count). The largest absolute Gasteiger partial charge is 0.444 e. The topological polar surface area (TPSA) is 75.3 Å². The fourth-order valence-corrected chi connectivity index (χ4v) is 3.72. The number of amides is 1. The predicted molar refractivity (Wildman–Crippen MR) is 86.3 cm³/mol. The average molecular weight is 319 g/mol. The van der Waals surface area contributed by atoms with Gasteiger partial charge in [-0.15, -0.1) is 0 Å². The first kappa shape index (κ1) is 16.0. The molecule has 3 heterocycles. The molecular formula is C17H25N3O3. The van der Waals surface area contributed by atoms with Crippen molar-refractivity contribution in [2.75, 3.05) is 0 Å². The Labute approximate surface area is 136 Å². The molecule has 0 aliphatic carbocycles. The summed E-state index contributed by atoms with van der Waals surface area (Å²) < 4.78 is 5.61. The van der Waals surface area contributed by atoms with Gasteiger partial charge in [-0.05, 0) is 46.5 Å². The van der Waals surface area contributed by atoms with Gasteiger partial charge >= 0.3 is 6.09 Å². The molecule has 0 aromatic carbocycles. The summed E-state index contributed by atoms with van der Waals surface area (Å²) in [5, 5.41) is 0. The van der Waals surface area contributed by atoms with Crippen LogP contribution in [-0.4, -0.2) is 32.6 Å². The second-order valence-corrected chi connectivity index (χ2v) is 7.74. The van der Waals surface area contributed by atoms with Gasteiger partial charge in [-0.25, -0.2) is 9.78 Å². The predicted octanol–water partition coefficient (Wildman–Crippen LogP) is 2.71. The number of aryl methyl sites for hydroxylation is 1. The highest BCUT2D eigenvalue weighted by atomic mass is 16.6. The van der Waals surface area contributed by atoms with Crippen LogP contribution in [0.3, 0.4) is 0 Å². The van der Waals surface area contributed by atoms with E-state index in [-0.39, 0.29) is 23.7 Å². The summed E-state index contributed by atoms with van der Waals surface area (Å²) >= 11 is 0. The van der Waals surface area contributed by atoms with E-state index in [0.29, 0.717) is 18.2 Å². The van der Waals surface area contributed by atoms with Crippen LogP contribution in [0, 0.1) is 12.8 Å². The number of aromatic amines is 1. The van der Waals surface area contributed by atoms with Crippen LogP contribution in [0.4, 0.5) is 4.79 Å². The first-order valence-corrected chi connectivity index (χ1v) is 8.28. The standard InChI is InChI=1S/C17H25N3O3/c1-9-6-7-12-14-11(15(21)19-10(2)18-14)8-13(9)20(12)16(22)23-17(3,4)5/h9,12-13H,6-8H2,1-5H3,(H,18,19,21)/t9?,12-,13-/m0/s1. The quantitative estimate of drug-likeness (QED) is 0.798. The molecule has 1 N–H and O–H groups in total. The highest BCUT2D eigenvalue weighted by Gasteiger charge is 2.46. The second-order valence-electron chi connectivity index (χ2n) is 7.74. The van der Waals surface area contributed by atoms with Gasteiger partial charge in [0.2, 0.25) is 0 Å². The Bertz CT molecular complexity index is 689. The zero-order chi connectivity index (χ0) is 16.9. The Morgan fingerprint density at radius 2 is 2.04 bits per heavy atom. The van der Waals surface area contributed by atoms with Gasteiger partial charge in [0.05, 0.1) is 11.7 Å². The summed E-state index contributed by atoms with van der Waals surface area (Å²) in [5.74, 6) is 0.933. The molecule has 2 bridgehead atoms. The molecule has 1 aromatic heterocycles. The van der Waals surface area contributed by atoms with E-state index in [0.717, 1.165) is 24.1 Å². The molecular weight excluding hydrogens is 294 g/mol. The zero-order valence-electron chi connectivity index (χ0n) is 14.5. The highest BCUT2D eigenvalue weighted by Crippen LogP contribution is 2.43. The molecule has 2 aliphatic heterocycles. The van der Waals surface area contributed by atoms with Crippen molar-refractivity contribution in [3.8, 4) is 0 Å². The van der Waals surface area contributed by atoms with Crippen LogP contribution in [0.2, 0.25) is 0 Å². The van der Waals surface area contributed by atoms with Crippen LogP contribution in [-0.2, 0) is 11.2 Å². The second kappa shape index (κ2) is 5.35. The normalized spacial score (nSPS) is 26.7. The molecule has 1 unspecified atom stereocenters. The van der Waals surface area contributed by atoms with Gasteiger partial charge in [-0.3, -0.25) is 9.69 Å². The van der Waals surface area contributed by atoms with Gasteiger partial charge in [0.1, 0.15) is 11.4 Å². The lowest BCUT2D eigenvalue weighted by molar-refractivity contribution is -0.0227. The van der Waals surface area contributed by atoms with Gasteiger partial charge in [0.25, 0.3) is 5.56 Å². The fraction of sp³-hybridized carbons (Fsp3) is 0.706. The van der Waals surface area contributed by atoms with Crippen LogP contribution >= 0.6 is 0 Å². The first-order valence-electron chi connectivity index (χ1n) is 8.28. The number of hydrogen-bond acceptors (Lipinski definition) is 4. The monoisotopic (exact) mass is 319 g/mol. The van der Waals surface area contributed by atoms with E-state index in [1.165, 1.54) is 0 Å². The molecule has 3 atom stereocenters. The maximum atomic E-state index is 12.7. The summed E-state index contributed by atoms with van der Waals surface area (Å²) in [6.07, 6.45) is 2.10. The number of nitrogens with one attached hydrogen (secondary N) is 1. The van der Waals surface area contributed by atoms with Crippen molar-refractivity contribution < 1.29 is 9.53 Å². The number of hydrogen-bond donors (Lipinski definition) is 1. The molecule has 2 aliphatic rings. The minimum Gasteiger partial charge on any atom is -0.444 e. The van der Waals surface area contributed by atoms with E-state index in [4.69, 9.17) is 4.74 Å². The van der Waals surface area contributed by atoms with Gasteiger partial charge in [0.15, 0.2) is 0 Å². The number of ether oxygens (including phenoxy) is 1. The van der Waals surface area contributed by atoms with Crippen molar-refractivity contribution in [3.05, 3.63) is 27.4 Å². The van der Waals surface area contributed by atoms with Crippen LogP contribution in [0.25, 0.3) is 0 Å². The lowest BCUT2D eigenvalue weighted by Gasteiger charge is -2.48. The number of nitrogens with zero attached hydrogens (tertiary/aromatic N) is 2. The molecule has 1 saturated heterocycles. The van der Waals surface area contributed by atoms with Gasteiger partial charge in [-0.1, -0.05) is 6.92 Å². The minimum absolute atomic E-state index is 0.00158. The van der Waals surface area contributed by atoms with Crippen molar-refractivity contribution in [1.29, 1.82) is 0 Å². The van der Waals surface area contributed by atoms with E-state index in [1.54, 1.807) is 6.92 Å². The fourth-order valence-electron chi connectivity index (χ4n) is 3.72. The van der Waals surface area contributed by atoms with Crippen molar-refractivity contribution in [1.82, 2.24) is 14.9 Å². The third-order valence-electron chi connectivity index (χ3n) is 4.74. The van der Waals surface area contributed by atoms with Crippen molar-refractivity contribution >= 4 is 6.09 Å². The van der Waals surface area contributed by atoms with Gasteiger partial charge in [-0.2, -0.15) is 0 Å². The van der Waals surface area contributed by atoms with Crippen LogP contribution in [0.1, 0.15) is 63.7 Å². The van der Waals surface area contributed by atoms with Gasteiger partial charge < -0.3 is 9.72 Å². The van der Waals surface area contributed by atoms with Crippen LogP contribution in [0.5, 0.6) is 0 Å². The molecule has 6 heteroatoms. The maximum absolute atomic E-state index is 12.7. The molecule has 1 aromatic rings. The summed E-state index contributed by atoms with van der Waals surface area (Å²) in [6.45, 7) is 9.52. The Morgan fingerprint density at radius 3 is 2.70 bits per heavy atom. The number of carbonyl (C=O) groups excluding carboxylic acids is 1. The Balaban J connectivity index is 2.04. The molecule has 0 spiro atoms. The maximum Gasteiger partial charge on any atom is 0.411 e. The summed E-state index contributed by atoms with van der Waals surface area (Å²) in [7, 11) is 0. The number of aromatic nitrogens is 2. The SMILES string of the molecule is Cc1nc2c(c(=O)[nH]1)C[C@H]1C(C)CC[C@@H]2N1C(=O)OC(C)(C)C. The van der Waals surface area contributed by atoms with E-state index < -0.39 is 5.60 Å². The highest BCUT2D eigenvalue weighted by molar-refractivity contribution is 5.70. The smallest absolute Gasteiger partial charge is 0.411 e. The molecule has 0 saturated carbocycles. The Kier molecular flexibility index (Phi) is 3.73. The van der Waals surface area contributed by atoms with Crippen LogP contribution in [0.15, 0.2) is 4.79 Å². The summed E-state index contributed by atoms with van der Waals surface area (Å²) in [4.78, 5) is 34.2. The molecule has 23 heavy (non-hydrogen) atoms. The number of carbonyl (C=O) groups is 1. The number of piperidine rings is 1. The number of fused-ring (bicyclic) bond motifs is 4. The van der Waals surface area contributed by atoms with Crippen molar-refractivity contribution in [2.24, 2.45) is 5.92 Å². The lowest BCUT2D eigenvalue weighted by Crippen LogP contribution is -2.55. The first-order chi connectivity index (χ1) is 10.7. The zero-order valence-corrected chi connectivity index (χ0v) is 14.5. The molecule has 1 amide bonds. The lowest BCUT2D eigenvalue weighted by atomic mass is 9.77. The third kappa shape index (κ3) is 2.86. The van der Waals surface area contributed by atoms with Crippen LogP contribution < -0.4 is 5.56 Å². The summed E-state index contributed by atoms with van der Waals surface area (Å²) in [6, 6.07) is -0.155. The van der Waals surface area contributed by atoms with Crippen molar-refractivity contribution in [3.63, 3.8) is 0 Å². The number of H-pyrrole nitrogens is 1. The van der Waals surface area contributed by atoms with E-state index >= 15 is 0 Å². The molecule has 126 valence electrons. The summed E-state index contributed by atoms with van der Waals surface area (Å²) in [5.41, 5.74) is 0.879. The van der Waals surface area contributed by atoms with Crippen molar-refractivity contribution in [2.45, 2.75) is 71.6 Å². The molecule has 6 nitrogen and oxygen atoms in total. The third-order valence-corrected chi connectivity index (χ3v) is 4.74.